The molecule has 0 aromatic heterocycles. The third-order valence-corrected chi connectivity index (χ3v) is 9.14. The average molecular weight is 427 g/mol. The highest BCUT2D eigenvalue weighted by Crippen LogP contribution is 2.62. The summed E-state index contributed by atoms with van der Waals surface area (Å²) in [7, 11) is 0. The smallest absolute Gasteiger partial charge is 0.431 e. The molecule has 0 bridgehead atoms. The van der Waals surface area contributed by atoms with E-state index in [1.54, 1.807) is 13.8 Å². The largest absolute Gasteiger partial charge is 0.510 e. The number of halogens is 1. The summed E-state index contributed by atoms with van der Waals surface area (Å²) in [6, 6.07) is 0. The van der Waals surface area contributed by atoms with Crippen LogP contribution in [0.25, 0.3) is 0 Å². The second kappa shape index (κ2) is 8.77. The molecule has 0 aromatic rings. The molecule has 0 radical (unpaired) electrons. The highest BCUT2D eigenvalue weighted by atomic mass is 35.5. The molecule has 166 valence electrons. The number of ether oxygens (including phenoxy) is 2. The standard InChI is InChI=1S/C24H39ClO4/c1-6-17-14-20(29-22(27)28-16(3)25)10-12-23(17,4)19-9-11-24(5)18(13-19)7-8-21(24)15(2)26/h16-21H,6-14H2,1-5H3/t16?,17-,18-,19-,20+,21?,23?,24?/m0/s1. The van der Waals surface area contributed by atoms with Crippen LogP contribution in [0.2, 0.25) is 0 Å². The normalized spacial score (nSPS) is 43.3. The summed E-state index contributed by atoms with van der Waals surface area (Å²) in [5, 5.41) is 0. The Balaban J connectivity index is 1.65. The molecule has 0 heterocycles. The Morgan fingerprint density at radius 3 is 2.31 bits per heavy atom. The summed E-state index contributed by atoms with van der Waals surface area (Å²) in [5.41, 5.74) is -0.170. The van der Waals surface area contributed by atoms with Gasteiger partial charge in [-0.3, -0.25) is 4.79 Å². The quantitative estimate of drug-likeness (QED) is 0.361. The van der Waals surface area contributed by atoms with Gasteiger partial charge in [-0.15, -0.1) is 0 Å². The minimum absolute atomic E-state index is 0.0710. The van der Waals surface area contributed by atoms with Crippen LogP contribution in [0.15, 0.2) is 0 Å². The zero-order chi connectivity index (χ0) is 21.4. The maximum absolute atomic E-state index is 12.2. The lowest BCUT2D eigenvalue weighted by atomic mass is 9.52. The summed E-state index contributed by atoms with van der Waals surface area (Å²) < 4.78 is 10.5. The van der Waals surface area contributed by atoms with Crippen molar-refractivity contribution in [3.05, 3.63) is 0 Å². The second-order valence-corrected chi connectivity index (χ2v) is 11.1. The van der Waals surface area contributed by atoms with Gasteiger partial charge in [0.1, 0.15) is 11.9 Å². The van der Waals surface area contributed by atoms with Crippen molar-refractivity contribution in [2.24, 2.45) is 34.5 Å². The lowest BCUT2D eigenvalue weighted by Crippen LogP contribution is -2.47. The van der Waals surface area contributed by atoms with Crippen LogP contribution in [0.5, 0.6) is 0 Å². The molecule has 3 fully saturated rings. The van der Waals surface area contributed by atoms with Gasteiger partial charge >= 0.3 is 6.16 Å². The van der Waals surface area contributed by atoms with Crippen LogP contribution in [-0.4, -0.2) is 23.6 Å². The molecule has 0 amide bonds. The molecule has 0 aliphatic heterocycles. The summed E-state index contributed by atoms with van der Waals surface area (Å²) in [6.07, 6.45) is 9.22. The van der Waals surface area contributed by atoms with Crippen LogP contribution in [0.4, 0.5) is 4.79 Å². The molecule has 8 atom stereocenters. The summed E-state index contributed by atoms with van der Waals surface area (Å²) in [5.74, 6) is 2.58. The summed E-state index contributed by atoms with van der Waals surface area (Å²) in [4.78, 5) is 24.1. The number of hydrogen-bond acceptors (Lipinski definition) is 4. The van der Waals surface area contributed by atoms with Crippen molar-refractivity contribution >= 4 is 23.5 Å². The third kappa shape index (κ3) is 4.48. The first-order chi connectivity index (χ1) is 13.6. The molecule has 3 rings (SSSR count). The predicted octanol–water partition coefficient (Wildman–Crippen LogP) is 6.73. The van der Waals surface area contributed by atoms with Crippen molar-refractivity contribution in [1.82, 2.24) is 0 Å². The van der Waals surface area contributed by atoms with Gasteiger partial charge in [-0.1, -0.05) is 38.8 Å². The number of carbonyl (C=O) groups excluding carboxylic acids is 2. The number of Topliss-reactive ketones (excluding diaryl/α,β-unsaturated/α-hetero) is 1. The van der Waals surface area contributed by atoms with Crippen molar-refractivity contribution in [2.75, 3.05) is 0 Å². The first-order valence-electron chi connectivity index (χ1n) is 11.6. The predicted molar refractivity (Wildman–Crippen MR) is 115 cm³/mol. The van der Waals surface area contributed by atoms with Gasteiger partial charge in [-0.2, -0.15) is 0 Å². The molecule has 5 heteroatoms. The Hall–Kier alpha value is -0.770. The van der Waals surface area contributed by atoms with E-state index in [1.807, 2.05) is 0 Å². The van der Waals surface area contributed by atoms with Crippen LogP contribution >= 0.6 is 11.6 Å². The van der Waals surface area contributed by atoms with E-state index in [0.29, 0.717) is 23.5 Å². The first kappa shape index (κ1) is 22.9. The van der Waals surface area contributed by atoms with E-state index in [0.717, 1.165) is 32.1 Å². The van der Waals surface area contributed by atoms with Crippen LogP contribution in [0.1, 0.15) is 92.4 Å². The topological polar surface area (TPSA) is 52.6 Å². The molecule has 3 aliphatic carbocycles. The molecule has 3 aliphatic rings. The zero-order valence-electron chi connectivity index (χ0n) is 18.8. The lowest BCUT2D eigenvalue weighted by Gasteiger charge is -2.53. The Morgan fingerprint density at radius 1 is 1.03 bits per heavy atom. The molecule has 29 heavy (non-hydrogen) atoms. The highest BCUT2D eigenvalue weighted by molar-refractivity contribution is 6.19. The molecule has 3 saturated carbocycles. The van der Waals surface area contributed by atoms with E-state index >= 15 is 0 Å². The minimum Gasteiger partial charge on any atom is -0.431 e. The lowest BCUT2D eigenvalue weighted by molar-refractivity contribution is -0.126. The Labute approximate surface area is 181 Å². The van der Waals surface area contributed by atoms with Crippen LogP contribution in [0, 0.1) is 34.5 Å². The fourth-order valence-electron chi connectivity index (χ4n) is 7.24. The molecule has 0 N–H and O–H groups in total. The second-order valence-electron chi connectivity index (χ2n) is 10.5. The number of hydrogen-bond donors (Lipinski definition) is 0. The number of rotatable bonds is 5. The van der Waals surface area contributed by atoms with E-state index in [-0.39, 0.29) is 22.9 Å². The van der Waals surface area contributed by atoms with Crippen molar-refractivity contribution in [2.45, 2.75) is 104 Å². The molecule has 4 nitrogen and oxygen atoms in total. The molecular weight excluding hydrogens is 388 g/mol. The van der Waals surface area contributed by atoms with Crippen molar-refractivity contribution < 1.29 is 19.1 Å². The van der Waals surface area contributed by atoms with Crippen molar-refractivity contribution in [3.8, 4) is 0 Å². The van der Waals surface area contributed by atoms with E-state index in [9.17, 15) is 9.59 Å². The number of carbonyl (C=O) groups is 2. The highest BCUT2D eigenvalue weighted by Gasteiger charge is 2.55. The van der Waals surface area contributed by atoms with Crippen molar-refractivity contribution in [3.63, 3.8) is 0 Å². The number of alkyl halides is 1. The van der Waals surface area contributed by atoms with Gasteiger partial charge in [-0.25, -0.2) is 4.79 Å². The van der Waals surface area contributed by atoms with Crippen LogP contribution < -0.4 is 0 Å². The number of ketones is 1. The van der Waals surface area contributed by atoms with Crippen LogP contribution in [-0.2, 0) is 14.3 Å². The fraction of sp³-hybridized carbons (Fsp3) is 0.917. The van der Waals surface area contributed by atoms with Gasteiger partial charge < -0.3 is 9.47 Å². The third-order valence-electron chi connectivity index (χ3n) is 9.06. The van der Waals surface area contributed by atoms with E-state index in [4.69, 9.17) is 21.1 Å². The molecule has 4 unspecified atom stereocenters. The molecular formula is C24H39ClO4. The molecule has 0 aromatic carbocycles. The Morgan fingerprint density at radius 2 is 1.69 bits per heavy atom. The zero-order valence-corrected chi connectivity index (χ0v) is 19.6. The maximum Gasteiger partial charge on any atom is 0.510 e. The van der Waals surface area contributed by atoms with E-state index < -0.39 is 11.7 Å². The average Bonchev–Trinajstić information content (AvgIpc) is 2.99. The SMILES string of the molecule is CC[C@H]1C[C@H](OC(=O)OC(C)Cl)CCC1(C)[C@H]1CCC2(C)C(C(C)=O)CC[C@H]2C1. The van der Waals surface area contributed by atoms with E-state index in [2.05, 4.69) is 20.8 Å². The molecule has 0 saturated heterocycles. The monoisotopic (exact) mass is 426 g/mol. The van der Waals surface area contributed by atoms with E-state index in [1.165, 1.54) is 25.7 Å². The summed E-state index contributed by atoms with van der Waals surface area (Å²) in [6.45, 7) is 10.5. The fourth-order valence-corrected chi connectivity index (χ4v) is 7.32. The Bertz CT molecular complexity index is 620. The van der Waals surface area contributed by atoms with Crippen LogP contribution in [0.3, 0.4) is 0 Å². The molecule has 0 spiro atoms. The number of fused-ring (bicyclic) bond motifs is 1. The first-order valence-corrected chi connectivity index (χ1v) is 12.1. The summed E-state index contributed by atoms with van der Waals surface area (Å²) >= 11 is 5.73. The van der Waals surface area contributed by atoms with Gasteiger partial charge in [0.15, 0.2) is 5.56 Å². The minimum atomic E-state index is -0.667. The van der Waals surface area contributed by atoms with Gasteiger partial charge in [0.2, 0.25) is 0 Å². The Kier molecular flexibility index (Phi) is 6.92. The maximum atomic E-state index is 12.2. The van der Waals surface area contributed by atoms with Gasteiger partial charge in [0.05, 0.1) is 0 Å². The van der Waals surface area contributed by atoms with Crippen molar-refractivity contribution in [1.29, 1.82) is 0 Å². The van der Waals surface area contributed by atoms with Gasteiger partial charge in [-0.05, 0) is 93.8 Å². The van der Waals surface area contributed by atoms with Gasteiger partial charge in [0, 0.05) is 5.92 Å². The van der Waals surface area contributed by atoms with Gasteiger partial charge in [0.25, 0.3) is 0 Å².